The van der Waals surface area contributed by atoms with E-state index in [0.717, 1.165) is 12.0 Å². The molecule has 0 spiro atoms. The molecule has 2 rings (SSSR count). The highest BCUT2D eigenvalue weighted by molar-refractivity contribution is 5.82. The van der Waals surface area contributed by atoms with Crippen molar-refractivity contribution in [3.8, 4) is 0 Å². The van der Waals surface area contributed by atoms with E-state index in [1.807, 2.05) is 25.1 Å². The molecule has 0 atom stereocenters. The van der Waals surface area contributed by atoms with Crippen LogP contribution in [-0.4, -0.2) is 12.4 Å². The molecular weight excluding hydrogens is 287 g/mol. The van der Waals surface area contributed by atoms with Crippen LogP contribution in [0.15, 0.2) is 52.7 Å². The Kier molecular flexibility index (Phi) is 6.67. The molecule has 0 N–H and O–H groups in total. The van der Waals surface area contributed by atoms with Crippen LogP contribution in [0.1, 0.15) is 48.9 Å². The summed E-state index contributed by atoms with van der Waals surface area (Å²) in [7, 11) is 0. The Morgan fingerprint density at radius 2 is 1.57 bits per heavy atom. The summed E-state index contributed by atoms with van der Waals surface area (Å²) in [5.41, 5.74) is 3.79. The average Bonchev–Trinajstić information content (AvgIpc) is 2.58. The predicted octanol–water partition coefficient (Wildman–Crippen LogP) is 5.18. The Balaban J connectivity index is 1.94. The number of nitrogens with zero attached hydrogens (tertiary/aromatic N) is 2. The third kappa shape index (κ3) is 5.44. The number of halogens is 1. The van der Waals surface area contributed by atoms with Gasteiger partial charge < -0.3 is 0 Å². The highest BCUT2D eigenvalue weighted by atomic mass is 19.1. The molecule has 3 heteroatoms. The fraction of sp³-hybridized carbons (Fsp3) is 0.300. The maximum Gasteiger partial charge on any atom is 0.127 e. The molecule has 0 unspecified atom stereocenters. The fourth-order valence-corrected chi connectivity index (χ4v) is 2.28. The Morgan fingerprint density at radius 3 is 2.17 bits per heavy atom. The molecule has 0 saturated heterocycles. The van der Waals surface area contributed by atoms with Crippen LogP contribution in [-0.2, 0) is 12.8 Å². The van der Waals surface area contributed by atoms with Crippen molar-refractivity contribution in [3.63, 3.8) is 0 Å². The zero-order chi connectivity index (χ0) is 16.5. The van der Waals surface area contributed by atoms with Crippen LogP contribution in [0.4, 0.5) is 4.39 Å². The average molecular weight is 310 g/mol. The minimum absolute atomic E-state index is 0.192. The summed E-state index contributed by atoms with van der Waals surface area (Å²) in [5, 5.41) is 8.01. The molecule has 0 aliphatic heterocycles. The van der Waals surface area contributed by atoms with Crippen molar-refractivity contribution in [3.05, 3.63) is 70.5 Å². The Hall–Kier alpha value is -2.29. The molecule has 0 aromatic heterocycles. The van der Waals surface area contributed by atoms with Crippen LogP contribution in [0, 0.1) is 5.82 Å². The summed E-state index contributed by atoms with van der Waals surface area (Å²) < 4.78 is 13.7. The van der Waals surface area contributed by atoms with Gasteiger partial charge in [0.1, 0.15) is 5.82 Å². The second-order valence-corrected chi connectivity index (χ2v) is 5.54. The highest BCUT2D eigenvalue weighted by Crippen LogP contribution is 2.10. The number of unbranched alkanes of at least 4 members (excludes halogenated alkanes) is 1. The van der Waals surface area contributed by atoms with Gasteiger partial charge in [-0.15, -0.1) is 0 Å². The molecule has 0 radical (unpaired) electrons. The van der Waals surface area contributed by atoms with Crippen LogP contribution >= 0.6 is 0 Å². The molecule has 23 heavy (non-hydrogen) atoms. The molecule has 0 aliphatic rings. The molecule has 120 valence electrons. The molecule has 2 aromatic carbocycles. The van der Waals surface area contributed by atoms with Crippen LogP contribution in [0.3, 0.4) is 0 Å². The van der Waals surface area contributed by atoms with Crippen molar-refractivity contribution >= 4 is 12.4 Å². The van der Waals surface area contributed by atoms with Gasteiger partial charge in [0, 0.05) is 0 Å². The Bertz CT molecular complexity index is 673. The van der Waals surface area contributed by atoms with E-state index >= 15 is 0 Å². The van der Waals surface area contributed by atoms with Gasteiger partial charge in [-0.1, -0.05) is 56.7 Å². The lowest BCUT2D eigenvalue weighted by atomic mass is 10.1. The molecule has 2 nitrogen and oxygen atoms in total. The van der Waals surface area contributed by atoms with Gasteiger partial charge in [-0.2, -0.15) is 10.2 Å². The Labute approximate surface area is 137 Å². The fourth-order valence-electron chi connectivity index (χ4n) is 2.28. The molecule has 0 fully saturated rings. The highest BCUT2D eigenvalue weighted by Gasteiger charge is 1.99. The number of benzene rings is 2. The maximum atomic E-state index is 13.7. The van der Waals surface area contributed by atoms with E-state index in [1.54, 1.807) is 18.5 Å². The van der Waals surface area contributed by atoms with Crippen molar-refractivity contribution < 1.29 is 4.39 Å². The van der Waals surface area contributed by atoms with Crippen molar-refractivity contribution in [1.82, 2.24) is 0 Å². The zero-order valence-electron chi connectivity index (χ0n) is 13.8. The lowest BCUT2D eigenvalue weighted by Gasteiger charge is -2.00. The lowest BCUT2D eigenvalue weighted by molar-refractivity contribution is 0.612. The Morgan fingerprint density at radius 1 is 0.913 bits per heavy atom. The summed E-state index contributed by atoms with van der Waals surface area (Å²) in [6.07, 6.45) is 7.50. The first-order chi connectivity index (χ1) is 11.2. The molecule has 0 saturated carbocycles. The van der Waals surface area contributed by atoms with Crippen molar-refractivity contribution in [2.75, 3.05) is 0 Å². The van der Waals surface area contributed by atoms with Crippen LogP contribution in [0.25, 0.3) is 0 Å². The summed E-state index contributed by atoms with van der Waals surface area (Å²) in [5.74, 6) is -0.192. The minimum Gasteiger partial charge on any atom is -0.207 e. The van der Waals surface area contributed by atoms with Crippen LogP contribution < -0.4 is 0 Å². The van der Waals surface area contributed by atoms with Gasteiger partial charge in [0.05, 0.1) is 12.4 Å². The number of hydrogen-bond acceptors (Lipinski definition) is 2. The zero-order valence-corrected chi connectivity index (χ0v) is 13.8. The topological polar surface area (TPSA) is 24.7 Å². The smallest absolute Gasteiger partial charge is 0.127 e. The summed E-state index contributed by atoms with van der Waals surface area (Å²) in [4.78, 5) is 0. The molecule has 0 amide bonds. The second kappa shape index (κ2) is 8.99. The third-order valence-electron chi connectivity index (χ3n) is 3.74. The largest absolute Gasteiger partial charge is 0.207 e. The van der Waals surface area contributed by atoms with Gasteiger partial charge in [-0.25, -0.2) is 4.39 Å². The molecule has 0 bridgehead atoms. The van der Waals surface area contributed by atoms with E-state index in [0.29, 0.717) is 17.5 Å². The first kappa shape index (κ1) is 17.1. The first-order valence-electron chi connectivity index (χ1n) is 8.16. The van der Waals surface area contributed by atoms with Crippen molar-refractivity contribution in [2.45, 2.75) is 39.5 Å². The van der Waals surface area contributed by atoms with Crippen LogP contribution in [0.5, 0.6) is 0 Å². The number of aryl methyl sites for hydroxylation is 2. The predicted molar refractivity (Wildman–Crippen MR) is 96.0 cm³/mol. The van der Waals surface area contributed by atoms with Crippen LogP contribution in [0.2, 0.25) is 0 Å². The van der Waals surface area contributed by atoms with E-state index in [4.69, 9.17) is 0 Å². The second-order valence-electron chi connectivity index (χ2n) is 5.54. The molecule has 0 heterocycles. The third-order valence-corrected chi connectivity index (χ3v) is 3.74. The number of rotatable bonds is 7. The van der Waals surface area contributed by atoms with E-state index in [-0.39, 0.29) is 5.82 Å². The van der Waals surface area contributed by atoms with Gasteiger partial charge in [-0.05, 0) is 47.6 Å². The van der Waals surface area contributed by atoms with Crippen molar-refractivity contribution in [1.29, 1.82) is 0 Å². The van der Waals surface area contributed by atoms with Gasteiger partial charge in [0.2, 0.25) is 0 Å². The quantitative estimate of drug-likeness (QED) is 0.497. The first-order valence-corrected chi connectivity index (χ1v) is 8.16. The normalized spacial score (nSPS) is 11.6. The van der Waals surface area contributed by atoms with Gasteiger partial charge in [0.25, 0.3) is 0 Å². The van der Waals surface area contributed by atoms with Crippen molar-refractivity contribution in [2.24, 2.45) is 10.2 Å². The molecule has 0 aliphatic carbocycles. The van der Waals surface area contributed by atoms with E-state index in [1.165, 1.54) is 24.5 Å². The SMILES string of the molecule is CCCCc1ccc(/C=N/N=C/c2ccc(CC)c(F)c2)cc1. The van der Waals surface area contributed by atoms with E-state index in [2.05, 4.69) is 29.3 Å². The van der Waals surface area contributed by atoms with Gasteiger partial charge in [0.15, 0.2) is 0 Å². The summed E-state index contributed by atoms with van der Waals surface area (Å²) in [6, 6.07) is 13.5. The lowest BCUT2D eigenvalue weighted by Crippen LogP contribution is -1.90. The van der Waals surface area contributed by atoms with Gasteiger partial charge in [-0.3, -0.25) is 0 Å². The molecular formula is C20H23FN2. The number of hydrogen-bond donors (Lipinski definition) is 0. The monoisotopic (exact) mass is 310 g/mol. The molecule has 2 aromatic rings. The standard InChI is InChI=1S/C20H23FN2/c1-3-5-6-16-7-9-17(10-8-16)14-22-23-15-18-11-12-19(4-2)20(21)13-18/h7-15H,3-6H2,1-2H3/b22-14+,23-15+. The van der Waals surface area contributed by atoms with E-state index < -0.39 is 0 Å². The maximum absolute atomic E-state index is 13.7. The summed E-state index contributed by atoms with van der Waals surface area (Å²) in [6.45, 7) is 4.13. The summed E-state index contributed by atoms with van der Waals surface area (Å²) >= 11 is 0. The van der Waals surface area contributed by atoms with E-state index in [9.17, 15) is 4.39 Å². The van der Waals surface area contributed by atoms with Gasteiger partial charge >= 0.3 is 0 Å². The minimum atomic E-state index is -0.192.